The smallest absolute Gasteiger partial charge is 0.306 e. The maximum absolute atomic E-state index is 13.5. The quantitative estimate of drug-likeness (QED) is 0.873. The molecular formula is C13H13FN2O2. The number of imidazole rings is 1. The molecule has 1 unspecified atom stereocenters. The summed E-state index contributed by atoms with van der Waals surface area (Å²) in [5, 5.41) is 8.81. The van der Waals surface area contributed by atoms with E-state index >= 15 is 0 Å². The molecule has 1 aromatic carbocycles. The molecule has 0 saturated heterocycles. The molecule has 0 saturated carbocycles. The number of aromatic amines is 1. The molecule has 1 aromatic heterocycles. The Hall–Kier alpha value is -2.17. The van der Waals surface area contributed by atoms with Crippen molar-refractivity contribution in [2.45, 2.75) is 13.3 Å². The first-order valence-corrected chi connectivity index (χ1v) is 5.59. The van der Waals surface area contributed by atoms with Crippen LogP contribution in [0.4, 0.5) is 4.39 Å². The van der Waals surface area contributed by atoms with Gasteiger partial charge in [0.2, 0.25) is 0 Å². The van der Waals surface area contributed by atoms with Gasteiger partial charge in [-0.25, -0.2) is 9.37 Å². The fourth-order valence-electron chi connectivity index (χ4n) is 1.66. The Morgan fingerprint density at radius 3 is 2.89 bits per heavy atom. The molecule has 5 heteroatoms. The van der Waals surface area contributed by atoms with Crippen molar-refractivity contribution < 1.29 is 14.3 Å². The monoisotopic (exact) mass is 248 g/mol. The zero-order valence-electron chi connectivity index (χ0n) is 9.85. The van der Waals surface area contributed by atoms with Gasteiger partial charge in [0.05, 0.1) is 17.8 Å². The van der Waals surface area contributed by atoms with Crippen molar-refractivity contribution in [3.63, 3.8) is 0 Å². The van der Waals surface area contributed by atoms with Crippen LogP contribution in [-0.4, -0.2) is 21.0 Å². The van der Waals surface area contributed by atoms with E-state index < -0.39 is 11.9 Å². The Morgan fingerprint density at radius 2 is 2.22 bits per heavy atom. The minimum Gasteiger partial charge on any atom is -0.481 e. The van der Waals surface area contributed by atoms with Gasteiger partial charge in [0.1, 0.15) is 11.6 Å². The van der Waals surface area contributed by atoms with Crippen LogP contribution in [0.1, 0.15) is 12.7 Å². The molecule has 0 aliphatic heterocycles. The first kappa shape index (κ1) is 12.3. The van der Waals surface area contributed by atoms with Crippen molar-refractivity contribution in [1.29, 1.82) is 0 Å². The van der Waals surface area contributed by atoms with Crippen LogP contribution in [-0.2, 0) is 11.2 Å². The molecule has 0 aliphatic rings. The largest absolute Gasteiger partial charge is 0.481 e. The van der Waals surface area contributed by atoms with Crippen LogP contribution in [0.2, 0.25) is 0 Å². The zero-order valence-corrected chi connectivity index (χ0v) is 9.85. The standard InChI is InChI=1S/C13H13FN2O2/c1-8(13(17)18)6-12-15-7-11(16-12)9-4-2-3-5-10(9)14/h2-5,7-8H,6H2,1H3,(H,15,16)(H,17,18). The second-order valence-corrected chi connectivity index (χ2v) is 4.17. The van der Waals surface area contributed by atoms with Crippen LogP contribution in [0.15, 0.2) is 30.5 Å². The average molecular weight is 248 g/mol. The summed E-state index contributed by atoms with van der Waals surface area (Å²) in [6.07, 6.45) is 1.81. The molecule has 0 fully saturated rings. The summed E-state index contributed by atoms with van der Waals surface area (Å²) in [4.78, 5) is 17.7. The van der Waals surface area contributed by atoms with E-state index in [9.17, 15) is 9.18 Å². The van der Waals surface area contributed by atoms with E-state index in [2.05, 4.69) is 9.97 Å². The number of aliphatic carboxylic acids is 1. The van der Waals surface area contributed by atoms with Gasteiger partial charge in [-0.15, -0.1) is 0 Å². The second-order valence-electron chi connectivity index (χ2n) is 4.17. The third-order valence-electron chi connectivity index (χ3n) is 2.71. The predicted molar refractivity (Wildman–Crippen MR) is 64.5 cm³/mol. The maximum Gasteiger partial charge on any atom is 0.306 e. The lowest BCUT2D eigenvalue weighted by atomic mass is 10.1. The summed E-state index contributed by atoms with van der Waals surface area (Å²) >= 11 is 0. The molecule has 2 aromatic rings. The molecule has 2 rings (SSSR count). The molecule has 2 N–H and O–H groups in total. The van der Waals surface area contributed by atoms with E-state index in [1.54, 1.807) is 25.1 Å². The summed E-state index contributed by atoms with van der Waals surface area (Å²) in [5.74, 6) is -1.19. The van der Waals surface area contributed by atoms with E-state index in [1.165, 1.54) is 12.3 Å². The summed E-state index contributed by atoms with van der Waals surface area (Å²) < 4.78 is 13.5. The number of carboxylic acids is 1. The van der Waals surface area contributed by atoms with Gasteiger partial charge in [0, 0.05) is 12.0 Å². The molecule has 1 heterocycles. The third-order valence-corrected chi connectivity index (χ3v) is 2.71. The maximum atomic E-state index is 13.5. The van der Waals surface area contributed by atoms with E-state index in [0.29, 0.717) is 23.5 Å². The Kier molecular flexibility index (Phi) is 3.41. The first-order chi connectivity index (χ1) is 8.58. The highest BCUT2D eigenvalue weighted by Crippen LogP contribution is 2.20. The van der Waals surface area contributed by atoms with Crippen LogP contribution < -0.4 is 0 Å². The molecular weight excluding hydrogens is 235 g/mol. The predicted octanol–water partition coefficient (Wildman–Crippen LogP) is 2.48. The SMILES string of the molecule is CC(Cc1ncc(-c2ccccc2F)[nH]1)C(=O)O. The lowest BCUT2D eigenvalue weighted by Gasteiger charge is -2.02. The van der Waals surface area contributed by atoms with Crippen molar-refractivity contribution in [2.24, 2.45) is 5.92 Å². The van der Waals surface area contributed by atoms with Crippen molar-refractivity contribution in [3.05, 3.63) is 42.1 Å². The van der Waals surface area contributed by atoms with Crippen LogP contribution in [0.5, 0.6) is 0 Å². The van der Waals surface area contributed by atoms with Gasteiger partial charge in [-0.05, 0) is 12.1 Å². The van der Waals surface area contributed by atoms with Crippen LogP contribution in [0.25, 0.3) is 11.3 Å². The summed E-state index contributed by atoms with van der Waals surface area (Å²) in [7, 11) is 0. The third kappa shape index (κ3) is 2.56. The van der Waals surface area contributed by atoms with Gasteiger partial charge < -0.3 is 10.1 Å². The molecule has 4 nitrogen and oxygen atoms in total. The minimum absolute atomic E-state index is 0.295. The lowest BCUT2D eigenvalue weighted by molar-refractivity contribution is -0.141. The van der Waals surface area contributed by atoms with Gasteiger partial charge in [-0.2, -0.15) is 0 Å². The van der Waals surface area contributed by atoms with Gasteiger partial charge >= 0.3 is 5.97 Å². The highest BCUT2D eigenvalue weighted by molar-refractivity contribution is 5.69. The van der Waals surface area contributed by atoms with Gasteiger partial charge in [0.15, 0.2) is 0 Å². The molecule has 0 aliphatic carbocycles. The number of carboxylic acid groups (broad SMARTS) is 1. The van der Waals surface area contributed by atoms with Crippen molar-refractivity contribution in [2.75, 3.05) is 0 Å². The van der Waals surface area contributed by atoms with Crippen LogP contribution in [0, 0.1) is 11.7 Å². The molecule has 18 heavy (non-hydrogen) atoms. The fraction of sp³-hybridized carbons (Fsp3) is 0.231. The highest BCUT2D eigenvalue weighted by atomic mass is 19.1. The highest BCUT2D eigenvalue weighted by Gasteiger charge is 2.14. The van der Waals surface area contributed by atoms with Gasteiger partial charge in [0.25, 0.3) is 0 Å². The van der Waals surface area contributed by atoms with Crippen molar-refractivity contribution >= 4 is 5.97 Å². The van der Waals surface area contributed by atoms with Gasteiger partial charge in [-0.1, -0.05) is 19.1 Å². The number of nitrogens with one attached hydrogen (secondary N) is 1. The number of rotatable bonds is 4. The topological polar surface area (TPSA) is 66.0 Å². The number of nitrogens with zero attached hydrogens (tertiary/aromatic N) is 1. The number of halogens is 1. The molecule has 0 radical (unpaired) electrons. The molecule has 94 valence electrons. The first-order valence-electron chi connectivity index (χ1n) is 5.59. The summed E-state index contributed by atoms with van der Waals surface area (Å²) in [5.41, 5.74) is 0.986. The molecule has 0 spiro atoms. The number of hydrogen-bond donors (Lipinski definition) is 2. The number of carbonyl (C=O) groups is 1. The molecule has 0 bridgehead atoms. The van der Waals surface area contributed by atoms with E-state index in [-0.39, 0.29) is 5.82 Å². The summed E-state index contributed by atoms with van der Waals surface area (Å²) in [6.45, 7) is 1.60. The number of aromatic nitrogens is 2. The Bertz CT molecular complexity index is 566. The molecule has 1 atom stereocenters. The van der Waals surface area contributed by atoms with Crippen LogP contribution in [0.3, 0.4) is 0 Å². The van der Waals surface area contributed by atoms with Crippen LogP contribution >= 0.6 is 0 Å². The second kappa shape index (κ2) is 5.00. The van der Waals surface area contributed by atoms with Crippen molar-refractivity contribution in [1.82, 2.24) is 9.97 Å². The Morgan fingerprint density at radius 1 is 1.50 bits per heavy atom. The Balaban J connectivity index is 2.21. The fourth-order valence-corrected chi connectivity index (χ4v) is 1.66. The van der Waals surface area contributed by atoms with Gasteiger partial charge in [-0.3, -0.25) is 4.79 Å². The lowest BCUT2D eigenvalue weighted by Crippen LogP contribution is -2.12. The van der Waals surface area contributed by atoms with Crippen molar-refractivity contribution in [3.8, 4) is 11.3 Å². The zero-order chi connectivity index (χ0) is 13.1. The number of hydrogen-bond acceptors (Lipinski definition) is 2. The van der Waals surface area contributed by atoms with E-state index in [4.69, 9.17) is 5.11 Å². The minimum atomic E-state index is -0.876. The van der Waals surface area contributed by atoms with E-state index in [0.717, 1.165) is 0 Å². The Labute approximate surface area is 103 Å². The van der Waals surface area contributed by atoms with E-state index in [1.807, 2.05) is 0 Å². The normalized spacial score (nSPS) is 12.3. The number of H-pyrrole nitrogens is 1. The average Bonchev–Trinajstić information content (AvgIpc) is 2.77. The number of benzene rings is 1. The molecule has 0 amide bonds. The summed E-state index contributed by atoms with van der Waals surface area (Å²) in [6, 6.07) is 6.37.